The number of aromatic carboxylic acids is 1. The van der Waals surface area contributed by atoms with Crippen molar-refractivity contribution in [3.8, 4) is 5.69 Å². The molecule has 0 aliphatic heterocycles. The van der Waals surface area contributed by atoms with Crippen LogP contribution in [0.2, 0.25) is 10.0 Å². The molecule has 98 valence electrons. The molecule has 0 bridgehead atoms. The summed E-state index contributed by atoms with van der Waals surface area (Å²) in [7, 11) is 0. The fraction of sp³-hybridized carbons (Fsp3) is 0. The van der Waals surface area contributed by atoms with Gasteiger partial charge in [-0.3, -0.25) is 9.36 Å². The number of hydrogen-bond acceptors (Lipinski definition) is 2. The Morgan fingerprint density at radius 2 is 1.79 bits per heavy atom. The Morgan fingerprint density at radius 1 is 1.21 bits per heavy atom. The maximum atomic E-state index is 13.1. The van der Waals surface area contributed by atoms with Gasteiger partial charge in [0.2, 0.25) is 0 Å². The number of benzene rings is 1. The minimum Gasteiger partial charge on any atom is -0.478 e. The van der Waals surface area contributed by atoms with E-state index < -0.39 is 17.3 Å². The lowest BCUT2D eigenvalue weighted by Crippen LogP contribution is -2.19. The topological polar surface area (TPSA) is 59.3 Å². The van der Waals surface area contributed by atoms with Crippen LogP contribution in [0.15, 0.2) is 35.3 Å². The van der Waals surface area contributed by atoms with Crippen LogP contribution in [0.3, 0.4) is 0 Å². The monoisotopic (exact) mass is 301 g/mol. The zero-order valence-electron chi connectivity index (χ0n) is 9.23. The SMILES string of the molecule is O=C(O)c1ccc(=O)n(-c2c(Cl)cc(F)cc2Cl)c1. The number of halogens is 3. The summed E-state index contributed by atoms with van der Waals surface area (Å²) >= 11 is 11.7. The van der Waals surface area contributed by atoms with E-state index in [0.717, 1.165) is 35.0 Å². The van der Waals surface area contributed by atoms with Gasteiger partial charge in [0.15, 0.2) is 0 Å². The van der Waals surface area contributed by atoms with Gasteiger partial charge in [-0.1, -0.05) is 23.2 Å². The first kappa shape index (κ1) is 13.6. The Morgan fingerprint density at radius 3 is 2.32 bits per heavy atom. The lowest BCUT2D eigenvalue weighted by atomic mass is 10.2. The Hall–Kier alpha value is -1.85. The van der Waals surface area contributed by atoms with Crippen LogP contribution in [0, 0.1) is 5.82 Å². The molecule has 1 N–H and O–H groups in total. The number of rotatable bonds is 2. The molecule has 2 rings (SSSR count). The van der Waals surface area contributed by atoms with Gasteiger partial charge in [0.25, 0.3) is 5.56 Å². The van der Waals surface area contributed by atoms with Crippen molar-refractivity contribution >= 4 is 29.2 Å². The quantitative estimate of drug-likeness (QED) is 0.927. The molecule has 19 heavy (non-hydrogen) atoms. The van der Waals surface area contributed by atoms with E-state index in [1.54, 1.807) is 0 Å². The van der Waals surface area contributed by atoms with Crippen molar-refractivity contribution in [2.75, 3.05) is 0 Å². The molecule has 0 saturated carbocycles. The summed E-state index contributed by atoms with van der Waals surface area (Å²) in [6.07, 6.45) is 1.08. The molecule has 1 heterocycles. The number of aromatic nitrogens is 1. The number of carboxylic acid groups (broad SMARTS) is 1. The summed E-state index contributed by atoms with van der Waals surface area (Å²) in [5.41, 5.74) is -0.603. The van der Waals surface area contributed by atoms with E-state index >= 15 is 0 Å². The second-order valence-corrected chi connectivity index (χ2v) is 4.46. The van der Waals surface area contributed by atoms with Gasteiger partial charge in [-0.05, 0) is 18.2 Å². The molecule has 2 aromatic rings. The summed E-state index contributed by atoms with van der Waals surface area (Å²) in [5.74, 6) is -1.86. The van der Waals surface area contributed by atoms with E-state index in [-0.39, 0.29) is 21.3 Å². The van der Waals surface area contributed by atoms with E-state index in [4.69, 9.17) is 28.3 Å². The summed E-state index contributed by atoms with van der Waals surface area (Å²) in [6.45, 7) is 0. The third kappa shape index (κ3) is 2.62. The Kier molecular flexibility index (Phi) is 3.59. The predicted octanol–water partition coefficient (Wildman–Crippen LogP) is 2.98. The van der Waals surface area contributed by atoms with E-state index in [1.807, 2.05) is 0 Å². The average molecular weight is 302 g/mol. The van der Waals surface area contributed by atoms with Gasteiger partial charge < -0.3 is 5.11 Å². The zero-order chi connectivity index (χ0) is 14.2. The van der Waals surface area contributed by atoms with Crippen molar-refractivity contribution < 1.29 is 14.3 Å². The predicted molar refractivity (Wildman–Crippen MR) is 69.0 cm³/mol. The molecule has 0 saturated heterocycles. The van der Waals surface area contributed by atoms with Gasteiger partial charge >= 0.3 is 5.97 Å². The van der Waals surface area contributed by atoms with Gasteiger partial charge in [0.05, 0.1) is 21.3 Å². The van der Waals surface area contributed by atoms with E-state index in [0.29, 0.717) is 0 Å². The molecular formula is C12H6Cl2FNO3. The van der Waals surface area contributed by atoms with Crippen molar-refractivity contribution in [1.82, 2.24) is 4.57 Å². The molecule has 0 amide bonds. The molecule has 4 nitrogen and oxygen atoms in total. The zero-order valence-corrected chi connectivity index (χ0v) is 10.7. The Labute approximate surface area is 116 Å². The molecule has 0 radical (unpaired) electrons. The number of pyridine rings is 1. The Bertz CT molecular complexity index is 704. The van der Waals surface area contributed by atoms with Crippen LogP contribution in [0.25, 0.3) is 5.69 Å². The van der Waals surface area contributed by atoms with Crippen molar-refractivity contribution in [1.29, 1.82) is 0 Å². The minimum atomic E-state index is -1.21. The van der Waals surface area contributed by atoms with Crippen LogP contribution < -0.4 is 5.56 Å². The highest BCUT2D eigenvalue weighted by Gasteiger charge is 2.14. The van der Waals surface area contributed by atoms with Crippen LogP contribution in [0.1, 0.15) is 10.4 Å². The minimum absolute atomic E-state index is 0.0397. The maximum Gasteiger partial charge on any atom is 0.337 e. The fourth-order valence-electron chi connectivity index (χ4n) is 1.55. The van der Waals surface area contributed by atoms with Crippen molar-refractivity contribution in [3.63, 3.8) is 0 Å². The van der Waals surface area contributed by atoms with Crippen LogP contribution >= 0.6 is 23.2 Å². The molecular weight excluding hydrogens is 296 g/mol. The third-order valence-electron chi connectivity index (χ3n) is 2.38. The van der Waals surface area contributed by atoms with Crippen LogP contribution in [-0.2, 0) is 0 Å². The molecule has 0 spiro atoms. The molecule has 1 aromatic carbocycles. The first-order valence-corrected chi connectivity index (χ1v) is 5.76. The smallest absolute Gasteiger partial charge is 0.337 e. The largest absolute Gasteiger partial charge is 0.478 e. The van der Waals surface area contributed by atoms with E-state index in [2.05, 4.69) is 0 Å². The van der Waals surface area contributed by atoms with Gasteiger partial charge in [0, 0.05) is 12.3 Å². The number of carboxylic acids is 1. The highest BCUT2D eigenvalue weighted by molar-refractivity contribution is 6.37. The molecule has 0 unspecified atom stereocenters. The average Bonchev–Trinajstić information content (AvgIpc) is 2.29. The fourth-order valence-corrected chi connectivity index (χ4v) is 2.20. The van der Waals surface area contributed by atoms with Crippen molar-refractivity contribution in [2.24, 2.45) is 0 Å². The summed E-state index contributed by atoms with van der Waals surface area (Å²) in [5, 5.41) is 8.71. The highest BCUT2D eigenvalue weighted by atomic mass is 35.5. The normalized spacial score (nSPS) is 10.5. The third-order valence-corrected chi connectivity index (χ3v) is 2.96. The number of hydrogen-bond donors (Lipinski definition) is 1. The second-order valence-electron chi connectivity index (χ2n) is 3.65. The highest BCUT2D eigenvalue weighted by Crippen LogP contribution is 2.28. The lowest BCUT2D eigenvalue weighted by Gasteiger charge is -2.10. The van der Waals surface area contributed by atoms with Gasteiger partial charge in [-0.25, -0.2) is 9.18 Å². The van der Waals surface area contributed by atoms with Crippen molar-refractivity contribution in [3.05, 3.63) is 62.2 Å². The summed E-state index contributed by atoms with van der Waals surface area (Å²) < 4.78 is 14.0. The first-order chi connectivity index (χ1) is 8.90. The van der Waals surface area contributed by atoms with Crippen molar-refractivity contribution in [2.45, 2.75) is 0 Å². The molecule has 0 atom stereocenters. The standard InChI is InChI=1S/C12H6Cl2FNO3/c13-8-3-7(15)4-9(14)11(8)16-5-6(12(18)19)1-2-10(16)17/h1-5H,(H,18,19). The maximum absolute atomic E-state index is 13.1. The van der Waals surface area contributed by atoms with Gasteiger partial charge in [0.1, 0.15) is 5.82 Å². The van der Waals surface area contributed by atoms with Gasteiger partial charge in [-0.2, -0.15) is 0 Å². The first-order valence-electron chi connectivity index (χ1n) is 5.01. The van der Waals surface area contributed by atoms with Crippen LogP contribution in [0.5, 0.6) is 0 Å². The number of nitrogens with zero attached hydrogens (tertiary/aromatic N) is 1. The number of carbonyl (C=O) groups is 1. The Balaban J connectivity index is 2.75. The lowest BCUT2D eigenvalue weighted by molar-refractivity contribution is 0.0696. The van der Waals surface area contributed by atoms with Crippen LogP contribution in [0.4, 0.5) is 4.39 Å². The molecule has 1 aromatic heterocycles. The van der Waals surface area contributed by atoms with E-state index in [1.165, 1.54) is 0 Å². The molecule has 7 heteroatoms. The van der Waals surface area contributed by atoms with E-state index in [9.17, 15) is 14.0 Å². The molecule has 0 aliphatic rings. The summed E-state index contributed by atoms with van der Waals surface area (Å²) in [6, 6.07) is 4.21. The second kappa shape index (κ2) is 5.03. The molecule has 0 fully saturated rings. The molecule has 0 aliphatic carbocycles. The summed E-state index contributed by atoms with van der Waals surface area (Å²) in [4.78, 5) is 22.6. The van der Waals surface area contributed by atoms with Gasteiger partial charge in [-0.15, -0.1) is 0 Å². The van der Waals surface area contributed by atoms with Crippen LogP contribution in [-0.4, -0.2) is 15.6 Å².